The van der Waals surface area contributed by atoms with Gasteiger partial charge in [-0.25, -0.2) is 0 Å². The van der Waals surface area contributed by atoms with E-state index in [-0.39, 0.29) is 12.0 Å². The molecule has 1 amide bonds. The average Bonchev–Trinajstić information content (AvgIpc) is 3.15. The van der Waals surface area contributed by atoms with E-state index in [0.717, 1.165) is 10.3 Å². The molecule has 0 saturated carbocycles. The minimum atomic E-state index is -0.139. The number of carbonyl (C=O) groups excluding carboxylic acids is 1. The zero-order chi connectivity index (χ0) is 15.5. The highest BCUT2D eigenvalue weighted by molar-refractivity contribution is 7.09. The van der Waals surface area contributed by atoms with E-state index in [1.165, 1.54) is 0 Å². The van der Waals surface area contributed by atoms with Crippen LogP contribution in [0.3, 0.4) is 0 Å². The second-order valence-corrected chi connectivity index (χ2v) is 6.27. The van der Waals surface area contributed by atoms with Crippen molar-refractivity contribution in [1.82, 2.24) is 5.32 Å². The van der Waals surface area contributed by atoms with Crippen molar-refractivity contribution in [3.8, 4) is 5.75 Å². The number of rotatable bonds is 5. The van der Waals surface area contributed by atoms with E-state index in [9.17, 15) is 4.79 Å². The number of hydrogen-bond acceptors (Lipinski definition) is 4. The summed E-state index contributed by atoms with van der Waals surface area (Å²) < 4.78 is 11.2. The van der Waals surface area contributed by atoms with Crippen LogP contribution in [0, 0.1) is 0 Å². The molecular formula is C17H17NO3S. The molecule has 3 aromatic rings. The molecule has 4 nitrogen and oxygen atoms in total. The molecule has 1 N–H and O–H groups in total. The molecule has 0 unspecified atom stereocenters. The lowest BCUT2D eigenvalue weighted by Gasteiger charge is -2.12. The van der Waals surface area contributed by atoms with E-state index >= 15 is 0 Å². The summed E-state index contributed by atoms with van der Waals surface area (Å²) in [5.74, 6) is 0.530. The molecule has 2 heterocycles. The predicted octanol–water partition coefficient (Wildman–Crippen LogP) is 4.21. The molecule has 0 atom stereocenters. The van der Waals surface area contributed by atoms with Crippen molar-refractivity contribution < 1.29 is 13.9 Å². The summed E-state index contributed by atoms with van der Waals surface area (Å²) in [6.45, 7) is 4.43. The van der Waals surface area contributed by atoms with E-state index in [1.54, 1.807) is 29.7 Å². The number of nitrogens with one attached hydrogen (secondary N) is 1. The van der Waals surface area contributed by atoms with E-state index in [2.05, 4.69) is 5.32 Å². The molecule has 114 valence electrons. The van der Waals surface area contributed by atoms with Crippen molar-refractivity contribution in [1.29, 1.82) is 0 Å². The first-order chi connectivity index (χ1) is 10.6. The van der Waals surface area contributed by atoms with Crippen LogP contribution in [0.5, 0.6) is 5.75 Å². The zero-order valence-electron chi connectivity index (χ0n) is 12.5. The van der Waals surface area contributed by atoms with Gasteiger partial charge in [-0.05, 0) is 43.5 Å². The van der Waals surface area contributed by atoms with Crippen LogP contribution < -0.4 is 10.1 Å². The first-order valence-electron chi connectivity index (χ1n) is 7.12. The fraction of sp³-hybridized carbons (Fsp3) is 0.235. The zero-order valence-corrected chi connectivity index (χ0v) is 13.3. The average molecular weight is 315 g/mol. The maximum Gasteiger partial charge on any atom is 0.251 e. The third-order valence-corrected chi connectivity index (χ3v) is 4.04. The molecular weight excluding hydrogens is 298 g/mol. The van der Waals surface area contributed by atoms with Crippen LogP contribution >= 0.6 is 11.3 Å². The van der Waals surface area contributed by atoms with E-state index in [0.29, 0.717) is 23.4 Å². The molecule has 0 aliphatic heterocycles. The number of fused-ring (bicyclic) bond motifs is 1. The lowest BCUT2D eigenvalue weighted by molar-refractivity contribution is 0.0950. The summed E-state index contributed by atoms with van der Waals surface area (Å²) in [6, 6.07) is 9.32. The highest BCUT2D eigenvalue weighted by Crippen LogP contribution is 2.29. The Labute approximate surface area is 132 Å². The van der Waals surface area contributed by atoms with E-state index in [4.69, 9.17) is 9.15 Å². The second-order valence-electron chi connectivity index (χ2n) is 5.24. The lowest BCUT2D eigenvalue weighted by Crippen LogP contribution is -2.22. The minimum Gasteiger partial charge on any atom is -0.490 e. The quantitative estimate of drug-likeness (QED) is 0.767. The van der Waals surface area contributed by atoms with E-state index in [1.807, 2.05) is 37.4 Å². The summed E-state index contributed by atoms with van der Waals surface area (Å²) in [5.41, 5.74) is 1.19. The Bertz CT molecular complexity index is 774. The first-order valence-corrected chi connectivity index (χ1v) is 8.00. The summed E-state index contributed by atoms with van der Waals surface area (Å²) >= 11 is 1.62. The molecule has 0 aliphatic rings. The number of hydrogen-bond donors (Lipinski definition) is 1. The summed E-state index contributed by atoms with van der Waals surface area (Å²) in [4.78, 5) is 13.5. The third-order valence-electron chi connectivity index (χ3n) is 3.16. The van der Waals surface area contributed by atoms with Gasteiger partial charge < -0.3 is 14.5 Å². The maximum absolute atomic E-state index is 12.3. The van der Waals surface area contributed by atoms with Gasteiger partial charge in [-0.15, -0.1) is 11.3 Å². The van der Waals surface area contributed by atoms with Crippen LogP contribution in [0.1, 0.15) is 29.1 Å². The molecule has 1 aromatic carbocycles. The Morgan fingerprint density at radius 3 is 2.95 bits per heavy atom. The number of ether oxygens (including phenoxy) is 1. The molecule has 0 aliphatic carbocycles. The molecule has 0 radical (unpaired) electrons. The minimum absolute atomic E-state index is 0.0301. The van der Waals surface area contributed by atoms with Crippen molar-refractivity contribution in [3.63, 3.8) is 0 Å². The van der Waals surface area contributed by atoms with Crippen LogP contribution in [0.25, 0.3) is 11.0 Å². The van der Waals surface area contributed by atoms with Crippen LogP contribution in [-0.2, 0) is 6.54 Å². The monoisotopic (exact) mass is 315 g/mol. The predicted molar refractivity (Wildman–Crippen MR) is 87.5 cm³/mol. The molecule has 0 saturated heterocycles. The van der Waals surface area contributed by atoms with Gasteiger partial charge in [-0.1, -0.05) is 6.07 Å². The normalized spacial score (nSPS) is 11.0. The summed E-state index contributed by atoms with van der Waals surface area (Å²) in [7, 11) is 0. The Kier molecular flexibility index (Phi) is 4.15. The van der Waals surface area contributed by atoms with Crippen molar-refractivity contribution in [2.45, 2.75) is 26.5 Å². The Balaban J connectivity index is 1.84. The van der Waals surface area contributed by atoms with Crippen molar-refractivity contribution in [2.75, 3.05) is 0 Å². The number of furan rings is 1. The van der Waals surface area contributed by atoms with Gasteiger partial charge in [0.05, 0.1) is 24.3 Å². The molecule has 0 fully saturated rings. The molecule has 5 heteroatoms. The van der Waals surface area contributed by atoms with Crippen molar-refractivity contribution >= 4 is 28.2 Å². The summed E-state index contributed by atoms with van der Waals surface area (Å²) in [6.07, 6.45) is 1.63. The topological polar surface area (TPSA) is 51.5 Å². The smallest absolute Gasteiger partial charge is 0.251 e. The van der Waals surface area contributed by atoms with Gasteiger partial charge in [0.2, 0.25) is 0 Å². The molecule has 3 rings (SSSR count). The summed E-state index contributed by atoms with van der Waals surface area (Å²) in [5, 5.41) is 5.78. The standard InChI is InChI=1S/C17H17NO3S/c1-11(2)21-16-9-12(8-15-14(16)5-6-20-15)17(19)18-10-13-4-3-7-22-13/h3-9,11H,10H2,1-2H3,(H,18,19). The van der Waals surface area contributed by atoms with Crippen LogP contribution in [0.4, 0.5) is 0 Å². The number of carbonyl (C=O) groups is 1. The lowest BCUT2D eigenvalue weighted by atomic mass is 10.1. The highest BCUT2D eigenvalue weighted by Gasteiger charge is 2.14. The largest absolute Gasteiger partial charge is 0.490 e. The number of amides is 1. The van der Waals surface area contributed by atoms with Crippen molar-refractivity contribution in [3.05, 3.63) is 52.4 Å². The van der Waals surface area contributed by atoms with Gasteiger partial charge in [0.25, 0.3) is 5.91 Å². The number of thiophene rings is 1. The van der Waals surface area contributed by atoms with Gasteiger partial charge in [0.15, 0.2) is 0 Å². The molecule has 22 heavy (non-hydrogen) atoms. The molecule has 0 bridgehead atoms. The van der Waals surface area contributed by atoms with Crippen molar-refractivity contribution in [2.24, 2.45) is 0 Å². The van der Waals surface area contributed by atoms with Crippen LogP contribution in [0.2, 0.25) is 0 Å². The molecule has 2 aromatic heterocycles. The highest BCUT2D eigenvalue weighted by atomic mass is 32.1. The maximum atomic E-state index is 12.3. The van der Waals surface area contributed by atoms with Gasteiger partial charge >= 0.3 is 0 Å². The van der Waals surface area contributed by atoms with Crippen LogP contribution in [0.15, 0.2) is 46.4 Å². The fourth-order valence-electron chi connectivity index (χ4n) is 2.20. The number of benzene rings is 1. The SMILES string of the molecule is CC(C)Oc1cc(C(=O)NCc2cccs2)cc2occc12. The fourth-order valence-corrected chi connectivity index (χ4v) is 2.85. The second kappa shape index (κ2) is 6.23. The van der Waals surface area contributed by atoms with Gasteiger partial charge in [-0.3, -0.25) is 4.79 Å². The van der Waals surface area contributed by atoms with Gasteiger partial charge in [-0.2, -0.15) is 0 Å². The Morgan fingerprint density at radius 1 is 1.36 bits per heavy atom. The van der Waals surface area contributed by atoms with Crippen LogP contribution in [-0.4, -0.2) is 12.0 Å². The molecule has 0 spiro atoms. The van der Waals surface area contributed by atoms with Gasteiger partial charge in [0, 0.05) is 10.4 Å². The van der Waals surface area contributed by atoms with Gasteiger partial charge in [0.1, 0.15) is 11.3 Å². The Hall–Kier alpha value is -2.27. The third kappa shape index (κ3) is 3.14. The Morgan fingerprint density at radius 2 is 2.23 bits per heavy atom. The first kappa shape index (κ1) is 14.7. The van der Waals surface area contributed by atoms with E-state index < -0.39 is 0 Å².